The molecule has 32 heavy (non-hydrogen) atoms. The summed E-state index contributed by atoms with van der Waals surface area (Å²) in [6.07, 6.45) is 2.35. The van der Waals surface area contributed by atoms with E-state index >= 15 is 0 Å². The number of aromatic amines is 2. The van der Waals surface area contributed by atoms with Gasteiger partial charge in [0.1, 0.15) is 28.4 Å². The zero-order valence-electron chi connectivity index (χ0n) is 17.5. The Labute approximate surface area is 181 Å². The minimum Gasteiger partial charge on any atom is -0.337 e. The fraction of sp³-hybridized carbons (Fsp3) is 0.429. The van der Waals surface area contributed by atoms with Gasteiger partial charge >= 0.3 is 0 Å². The monoisotopic (exact) mass is 439 g/mol. The number of carbonyl (C=O) groups excluding carboxylic acids is 2. The van der Waals surface area contributed by atoms with Gasteiger partial charge in [0, 0.05) is 37.8 Å². The Morgan fingerprint density at radius 1 is 1.09 bits per heavy atom. The molecule has 1 aromatic carbocycles. The molecule has 0 radical (unpaired) electrons. The fourth-order valence-corrected chi connectivity index (χ4v) is 4.85. The number of likely N-dealkylation sites (tertiary alicyclic amines) is 2. The summed E-state index contributed by atoms with van der Waals surface area (Å²) in [4.78, 5) is 47.8. The molecule has 0 spiro atoms. The van der Waals surface area contributed by atoms with Gasteiger partial charge in [-0.05, 0) is 38.2 Å². The topological polar surface area (TPSA) is 128 Å². The van der Waals surface area contributed by atoms with Crippen LogP contribution in [0.2, 0.25) is 0 Å². The van der Waals surface area contributed by atoms with Crippen LogP contribution in [0, 0.1) is 18.7 Å². The summed E-state index contributed by atoms with van der Waals surface area (Å²) in [6.45, 7) is 3.15. The van der Waals surface area contributed by atoms with Crippen molar-refractivity contribution in [3.63, 3.8) is 0 Å². The van der Waals surface area contributed by atoms with Crippen molar-refractivity contribution in [1.29, 1.82) is 0 Å². The molecule has 2 aliphatic heterocycles. The highest BCUT2D eigenvalue weighted by atomic mass is 19.1. The molecule has 4 heterocycles. The number of nitrogens with one attached hydrogen (secondary N) is 2. The number of H-pyrrole nitrogens is 2. The van der Waals surface area contributed by atoms with Crippen molar-refractivity contribution < 1.29 is 14.0 Å². The zero-order chi connectivity index (χ0) is 22.4. The van der Waals surface area contributed by atoms with E-state index in [4.69, 9.17) is 0 Å². The average Bonchev–Trinajstić information content (AvgIpc) is 3.50. The molecule has 2 aliphatic rings. The number of hydrogen-bond acceptors (Lipinski definition) is 6. The van der Waals surface area contributed by atoms with E-state index < -0.39 is 5.82 Å². The molecule has 2 atom stereocenters. The third-order valence-electron chi connectivity index (χ3n) is 6.33. The Kier molecular flexibility index (Phi) is 4.95. The molecule has 2 amide bonds. The van der Waals surface area contributed by atoms with E-state index in [2.05, 4.69) is 25.4 Å². The molecular weight excluding hydrogens is 417 g/mol. The van der Waals surface area contributed by atoms with Crippen LogP contribution >= 0.6 is 0 Å². The first kappa shape index (κ1) is 20.3. The quantitative estimate of drug-likeness (QED) is 0.632. The molecule has 2 fully saturated rings. The number of carbonyl (C=O) groups is 2. The number of rotatable bonds is 3. The highest BCUT2D eigenvalue weighted by molar-refractivity contribution is 5.98. The van der Waals surface area contributed by atoms with Gasteiger partial charge in [0.25, 0.3) is 17.4 Å². The molecule has 3 aromatic rings. The molecule has 5 rings (SSSR count). The molecule has 11 heteroatoms. The van der Waals surface area contributed by atoms with E-state index in [-0.39, 0.29) is 40.6 Å². The van der Waals surface area contributed by atoms with Crippen LogP contribution < -0.4 is 5.56 Å². The first-order valence-electron chi connectivity index (χ1n) is 10.6. The number of halogens is 1. The number of aromatic nitrogens is 5. The fourth-order valence-electron chi connectivity index (χ4n) is 4.85. The summed E-state index contributed by atoms with van der Waals surface area (Å²) in [5.41, 5.74) is 0.534. The maximum absolute atomic E-state index is 14.6. The Morgan fingerprint density at radius 3 is 2.66 bits per heavy atom. The smallest absolute Gasteiger partial charge is 0.272 e. The largest absolute Gasteiger partial charge is 0.337 e. The molecule has 0 bridgehead atoms. The van der Waals surface area contributed by atoms with Crippen molar-refractivity contribution >= 4 is 22.8 Å². The molecule has 2 aromatic heterocycles. The number of aryl methyl sites for hydroxylation is 1. The van der Waals surface area contributed by atoms with E-state index in [1.165, 1.54) is 18.2 Å². The molecule has 2 unspecified atom stereocenters. The summed E-state index contributed by atoms with van der Waals surface area (Å²) < 4.78 is 14.6. The van der Waals surface area contributed by atoms with Crippen molar-refractivity contribution in [2.24, 2.45) is 5.92 Å². The van der Waals surface area contributed by atoms with Crippen molar-refractivity contribution in [1.82, 2.24) is 35.2 Å². The number of hydrogen-bond donors (Lipinski definition) is 2. The van der Waals surface area contributed by atoms with Crippen molar-refractivity contribution in [3.8, 4) is 0 Å². The minimum absolute atomic E-state index is 0.0209. The maximum atomic E-state index is 14.6. The van der Waals surface area contributed by atoms with Crippen LogP contribution in [-0.4, -0.2) is 72.7 Å². The Hall–Kier alpha value is -3.63. The Balaban J connectivity index is 1.33. The second kappa shape index (κ2) is 7.81. The lowest BCUT2D eigenvalue weighted by atomic mass is 9.96. The standard InChI is InChI=1S/C21H22FN7O3/c1-11-23-17(9-19(30)24-11)21(32)28-6-4-12(10-28)18-3-2-5-29(18)20(31)13-7-15-16(8-14(13)22)26-27-25-15/h7-9,12,18H,2-6,10H2,1H3,(H,23,24,30)(H,25,26,27). The molecule has 0 aliphatic carbocycles. The van der Waals surface area contributed by atoms with E-state index in [0.29, 0.717) is 36.5 Å². The summed E-state index contributed by atoms with van der Waals surface area (Å²) >= 11 is 0. The van der Waals surface area contributed by atoms with Gasteiger partial charge in [-0.1, -0.05) is 0 Å². The second-order valence-corrected chi connectivity index (χ2v) is 8.37. The lowest BCUT2D eigenvalue weighted by molar-refractivity contribution is 0.0676. The number of fused-ring (bicyclic) bond motifs is 1. The van der Waals surface area contributed by atoms with E-state index in [9.17, 15) is 18.8 Å². The van der Waals surface area contributed by atoms with Crippen LogP contribution in [0.5, 0.6) is 0 Å². The van der Waals surface area contributed by atoms with Crippen LogP contribution in [0.15, 0.2) is 23.0 Å². The van der Waals surface area contributed by atoms with Crippen LogP contribution in [0.4, 0.5) is 4.39 Å². The van der Waals surface area contributed by atoms with Gasteiger partial charge in [0.2, 0.25) is 0 Å². The number of benzene rings is 1. The maximum Gasteiger partial charge on any atom is 0.272 e. The highest BCUT2D eigenvalue weighted by Crippen LogP contribution is 2.32. The van der Waals surface area contributed by atoms with Gasteiger partial charge < -0.3 is 14.8 Å². The lowest BCUT2D eigenvalue weighted by Crippen LogP contribution is -2.42. The summed E-state index contributed by atoms with van der Waals surface area (Å²) in [5.74, 6) is -0.824. The lowest BCUT2D eigenvalue weighted by Gasteiger charge is -2.29. The first-order chi connectivity index (χ1) is 15.4. The van der Waals surface area contributed by atoms with Crippen molar-refractivity contribution in [2.45, 2.75) is 32.2 Å². The van der Waals surface area contributed by atoms with E-state index in [0.717, 1.165) is 19.3 Å². The number of nitrogens with zero attached hydrogens (tertiary/aromatic N) is 5. The van der Waals surface area contributed by atoms with Gasteiger partial charge in [-0.25, -0.2) is 9.37 Å². The number of amides is 2. The second-order valence-electron chi connectivity index (χ2n) is 8.37. The Bertz CT molecular complexity index is 1270. The highest BCUT2D eigenvalue weighted by Gasteiger charge is 2.40. The average molecular weight is 439 g/mol. The van der Waals surface area contributed by atoms with Gasteiger partial charge in [-0.2, -0.15) is 15.4 Å². The summed E-state index contributed by atoms with van der Waals surface area (Å²) in [6, 6.07) is 3.76. The van der Waals surface area contributed by atoms with Gasteiger partial charge in [0.15, 0.2) is 0 Å². The third kappa shape index (κ3) is 3.53. The van der Waals surface area contributed by atoms with Gasteiger partial charge in [-0.3, -0.25) is 14.4 Å². The SMILES string of the molecule is Cc1nc(C(=O)N2CCC(C3CCCN3C(=O)c3cc4n[nH]nc4cc3F)C2)cc(=O)[nH]1. The van der Waals surface area contributed by atoms with E-state index in [1.807, 2.05) is 0 Å². The minimum atomic E-state index is -0.624. The predicted molar refractivity (Wildman–Crippen MR) is 112 cm³/mol. The summed E-state index contributed by atoms with van der Waals surface area (Å²) in [7, 11) is 0. The predicted octanol–water partition coefficient (Wildman–Crippen LogP) is 1.26. The third-order valence-corrected chi connectivity index (χ3v) is 6.33. The van der Waals surface area contributed by atoms with Crippen molar-refractivity contribution in [3.05, 3.63) is 51.5 Å². The zero-order valence-corrected chi connectivity index (χ0v) is 17.5. The van der Waals surface area contributed by atoms with Crippen molar-refractivity contribution in [2.75, 3.05) is 19.6 Å². The molecular formula is C21H22FN7O3. The first-order valence-corrected chi connectivity index (χ1v) is 10.6. The Morgan fingerprint density at radius 2 is 1.88 bits per heavy atom. The molecule has 0 saturated carbocycles. The molecule has 2 saturated heterocycles. The normalized spacial score (nSPS) is 20.9. The molecule has 10 nitrogen and oxygen atoms in total. The van der Waals surface area contributed by atoms with Crippen LogP contribution in [0.1, 0.15) is 45.9 Å². The molecule has 166 valence electrons. The summed E-state index contributed by atoms with van der Waals surface area (Å²) in [5, 5.41) is 10.2. The van der Waals surface area contributed by atoms with Crippen LogP contribution in [-0.2, 0) is 0 Å². The van der Waals surface area contributed by atoms with E-state index in [1.54, 1.807) is 16.7 Å². The van der Waals surface area contributed by atoms with Crippen LogP contribution in [0.25, 0.3) is 11.0 Å². The van der Waals surface area contributed by atoms with Gasteiger partial charge in [0.05, 0.1) is 5.56 Å². The van der Waals surface area contributed by atoms with Gasteiger partial charge in [-0.15, -0.1) is 0 Å². The molecule has 2 N–H and O–H groups in total. The van der Waals surface area contributed by atoms with Crippen LogP contribution in [0.3, 0.4) is 0 Å².